The van der Waals surface area contributed by atoms with Gasteiger partial charge in [0.25, 0.3) is 11.1 Å². The molecule has 2 aromatic carbocycles. The van der Waals surface area contributed by atoms with E-state index in [-0.39, 0.29) is 16.4 Å². The van der Waals surface area contributed by atoms with E-state index in [0.717, 1.165) is 10.5 Å². The van der Waals surface area contributed by atoms with Gasteiger partial charge in [0.05, 0.1) is 12.0 Å². The number of carboxylic acids is 1. The average molecular weight is 471 g/mol. The Hall–Kier alpha value is -3.79. The van der Waals surface area contributed by atoms with Crippen LogP contribution in [0.2, 0.25) is 0 Å². The third-order valence-electron chi connectivity index (χ3n) is 4.75. The van der Waals surface area contributed by atoms with Crippen LogP contribution in [-0.2, 0) is 14.4 Å². The number of rotatable bonds is 8. The largest absolute Gasteiger partial charge is 0.493 e. The second-order valence-electron chi connectivity index (χ2n) is 7.11. The molecule has 9 nitrogen and oxygen atoms in total. The highest BCUT2D eigenvalue weighted by atomic mass is 32.2. The lowest BCUT2D eigenvalue weighted by Crippen LogP contribution is -2.36. The number of ether oxygens (including phenoxy) is 2. The summed E-state index contributed by atoms with van der Waals surface area (Å²) in [5.41, 5.74) is 1.80. The molecule has 0 unspecified atom stereocenters. The minimum atomic E-state index is -1.17. The highest BCUT2D eigenvalue weighted by molar-refractivity contribution is 8.18. The third-order valence-corrected chi connectivity index (χ3v) is 5.66. The molecule has 0 bridgehead atoms. The molecular weight excluding hydrogens is 448 g/mol. The number of aryl methyl sites for hydroxylation is 1. The summed E-state index contributed by atoms with van der Waals surface area (Å²) < 4.78 is 10.8. The lowest BCUT2D eigenvalue weighted by Gasteiger charge is -2.16. The molecule has 1 saturated heterocycles. The highest BCUT2D eigenvalue weighted by Gasteiger charge is 2.36. The molecule has 0 radical (unpaired) electrons. The van der Waals surface area contributed by atoms with Crippen LogP contribution in [0.1, 0.15) is 18.1 Å². The van der Waals surface area contributed by atoms with Crippen LogP contribution in [0.3, 0.4) is 0 Å². The Kier molecular flexibility index (Phi) is 7.39. The molecule has 0 spiro atoms. The number of hydrogen-bond donors (Lipinski definition) is 2. The normalized spacial score (nSPS) is 15.5. The number of carboxylic acid groups (broad SMARTS) is 1. The Morgan fingerprint density at radius 1 is 1.18 bits per heavy atom. The van der Waals surface area contributed by atoms with Crippen molar-refractivity contribution in [2.24, 2.45) is 0 Å². The van der Waals surface area contributed by atoms with Gasteiger partial charge in [-0.3, -0.25) is 19.3 Å². The van der Waals surface area contributed by atoms with E-state index in [0.29, 0.717) is 23.0 Å². The first-order valence-corrected chi connectivity index (χ1v) is 10.7. The molecule has 0 aliphatic carbocycles. The highest BCUT2D eigenvalue weighted by Crippen LogP contribution is 2.37. The van der Waals surface area contributed by atoms with Crippen molar-refractivity contribution in [2.75, 3.05) is 19.0 Å². The topological polar surface area (TPSA) is 122 Å². The SMILES string of the molecule is COc1cccc(/C=C2\SC(=O)N(CC(=O)Nc3ccccc3C)C2=O)c1O[C@H](C)C(=O)O. The first-order chi connectivity index (χ1) is 15.7. The van der Waals surface area contributed by atoms with E-state index in [2.05, 4.69) is 5.32 Å². The van der Waals surface area contributed by atoms with Crippen LogP contribution >= 0.6 is 11.8 Å². The Morgan fingerprint density at radius 2 is 1.91 bits per heavy atom. The molecule has 10 heteroatoms. The minimum absolute atomic E-state index is 0.0739. The Bertz CT molecular complexity index is 1150. The van der Waals surface area contributed by atoms with Crippen molar-refractivity contribution in [2.45, 2.75) is 20.0 Å². The molecule has 0 aromatic heterocycles. The number of amides is 3. The number of benzene rings is 2. The number of thioether (sulfide) groups is 1. The van der Waals surface area contributed by atoms with Crippen LogP contribution in [-0.4, -0.2) is 52.8 Å². The van der Waals surface area contributed by atoms with Crippen LogP contribution in [0, 0.1) is 6.92 Å². The Labute approximate surface area is 194 Å². The maximum atomic E-state index is 12.8. The van der Waals surface area contributed by atoms with E-state index in [4.69, 9.17) is 9.47 Å². The maximum Gasteiger partial charge on any atom is 0.344 e. The quantitative estimate of drug-likeness (QED) is 0.562. The van der Waals surface area contributed by atoms with Crippen LogP contribution < -0.4 is 14.8 Å². The van der Waals surface area contributed by atoms with Gasteiger partial charge in [0.2, 0.25) is 5.91 Å². The molecule has 0 saturated carbocycles. The molecule has 1 aliphatic rings. The zero-order valence-corrected chi connectivity index (χ0v) is 19.0. The molecule has 1 fully saturated rings. The van der Waals surface area contributed by atoms with Crippen molar-refractivity contribution in [1.29, 1.82) is 0 Å². The summed E-state index contributed by atoms with van der Waals surface area (Å²) in [4.78, 5) is 49.8. The number of anilines is 1. The summed E-state index contributed by atoms with van der Waals surface area (Å²) >= 11 is 0.681. The summed E-state index contributed by atoms with van der Waals surface area (Å²) in [5, 5.41) is 11.3. The maximum absolute atomic E-state index is 12.8. The standard InChI is InChI=1S/C23H22N2O7S/c1-13-7-4-5-9-16(13)24-19(26)12-25-21(27)18(33-23(25)30)11-15-8-6-10-17(31-3)20(15)32-14(2)22(28)29/h4-11,14H,12H2,1-3H3,(H,24,26)(H,28,29)/b18-11-/t14-/m1/s1. The van der Waals surface area contributed by atoms with Gasteiger partial charge in [-0.05, 0) is 49.4 Å². The molecule has 1 atom stereocenters. The number of para-hydroxylation sites is 2. The molecule has 2 aromatic rings. The third kappa shape index (κ3) is 5.53. The van der Waals surface area contributed by atoms with Crippen LogP contribution in [0.15, 0.2) is 47.4 Å². The number of methoxy groups -OCH3 is 1. The Balaban J connectivity index is 1.81. The fourth-order valence-corrected chi connectivity index (χ4v) is 3.81. The number of carbonyl (C=O) groups is 4. The van der Waals surface area contributed by atoms with Gasteiger partial charge in [0, 0.05) is 11.3 Å². The second kappa shape index (κ2) is 10.2. The van der Waals surface area contributed by atoms with E-state index in [1.807, 2.05) is 19.1 Å². The van der Waals surface area contributed by atoms with Crippen molar-refractivity contribution in [3.63, 3.8) is 0 Å². The summed E-state index contributed by atoms with van der Waals surface area (Å²) in [6.07, 6.45) is 0.241. The molecule has 1 heterocycles. The van der Waals surface area contributed by atoms with Gasteiger partial charge in [0.1, 0.15) is 6.54 Å². The number of nitrogens with one attached hydrogen (secondary N) is 1. The van der Waals surface area contributed by atoms with E-state index in [1.54, 1.807) is 30.3 Å². The van der Waals surface area contributed by atoms with E-state index < -0.39 is 35.7 Å². The molecule has 3 rings (SSSR count). The zero-order valence-electron chi connectivity index (χ0n) is 18.2. The number of carbonyl (C=O) groups excluding carboxylic acids is 3. The molecule has 2 N–H and O–H groups in total. The van der Waals surface area contributed by atoms with Crippen LogP contribution in [0.4, 0.5) is 10.5 Å². The number of hydrogen-bond acceptors (Lipinski definition) is 7. The van der Waals surface area contributed by atoms with Gasteiger partial charge in [0.15, 0.2) is 17.6 Å². The van der Waals surface area contributed by atoms with Crippen molar-refractivity contribution in [3.05, 3.63) is 58.5 Å². The lowest BCUT2D eigenvalue weighted by atomic mass is 10.1. The van der Waals surface area contributed by atoms with Crippen LogP contribution in [0.5, 0.6) is 11.5 Å². The van der Waals surface area contributed by atoms with E-state index in [1.165, 1.54) is 20.1 Å². The predicted molar refractivity (Wildman–Crippen MR) is 123 cm³/mol. The van der Waals surface area contributed by atoms with Gasteiger partial charge in [-0.15, -0.1) is 0 Å². The summed E-state index contributed by atoms with van der Waals surface area (Å²) in [6.45, 7) is 2.75. The lowest BCUT2D eigenvalue weighted by molar-refractivity contribution is -0.144. The van der Waals surface area contributed by atoms with Gasteiger partial charge in [-0.1, -0.05) is 30.3 Å². The van der Waals surface area contributed by atoms with Crippen LogP contribution in [0.25, 0.3) is 6.08 Å². The van der Waals surface area contributed by atoms with Crippen molar-refractivity contribution in [1.82, 2.24) is 4.90 Å². The monoisotopic (exact) mass is 470 g/mol. The fourth-order valence-electron chi connectivity index (χ4n) is 2.98. The zero-order chi connectivity index (χ0) is 24.1. The van der Waals surface area contributed by atoms with Gasteiger partial charge in [-0.25, -0.2) is 4.79 Å². The van der Waals surface area contributed by atoms with Gasteiger partial charge >= 0.3 is 5.97 Å². The second-order valence-corrected chi connectivity index (χ2v) is 8.10. The summed E-state index contributed by atoms with van der Waals surface area (Å²) in [7, 11) is 1.40. The first-order valence-electron chi connectivity index (χ1n) is 9.88. The molecule has 172 valence electrons. The van der Waals surface area contributed by atoms with Crippen molar-refractivity contribution in [3.8, 4) is 11.5 Å². The van der Waals surface area contributed by atoms with Gasteiger partial charge in [-0.2, -0.15) is 0 Å². The van der Waals surface area contributed by atoms with Gasteiger partial charge < -0.3 is 19.9 Å². The number of imide groups is 1. The first kappa shape index (κ1) is 23.9. The van der Waals surface area contributed by atoms with E-state index in [9.17, 15) is 24.3 Å². The minimum Gasteiger partial charge on any atom is -0.493 e. The average Bonchev–Trinajstić information content (AvgIpc) is 3.03. The number of nitrogens with zero attached hydrogens (tertiary/aromatic N) is 1. The molecular formula is C23H22N2O7S. The number of aliphatic carboxylic acids is 1. The van der Waals surface area contributed by atoms with Crippen molar-refractivity contribution < 1.29 is 33.8 Å². The molecule has 33 heavy (non-hydrogen) atoms. The Morgan fingerprint density at radius 3 is 2.58 bits per heavy atom. The smallest absolute Gasteiger partial charge is 0.344 e. The molecule has 1 aliphatic heterocycles. The predicted octanol–water partition coefficient (Wildman–Crippen LogP) is 3.53. The molecule has 3 amide bonds. The summed E-state index contributed by atoms with van der Waals surface area (Å²) in [5.74, 6) is -1.92. The van der Waals surface area contributed by atoms with Crippen molar-refractivity contribution >= 4 is 46.5 Å². The fraction of sp³-hybridized carbons (Fsp3) is 0.217. The van der Waals surface area contributed by atoms with E-state index >= 15 is 0 Å². The summed E-state index contributed by atoms with van der Waals surface area (Å²) in [6, 6.07) is 12.0.